The monoisotopic (exact) mass is 420 g/mol. The molecule has 0 spiro atoms. The Morgan fingerprint density at radius 1 is 0.828 bits per heavy atom. The van der Waals surface area contributed by atoms with E-state index in [1.54, 1.807) is 10.4 Å². The van der Waals surface area contributed by atoms with Gasteiger partial charge in [-0.25, -0.2) is 8.42 Å². The van der Waals surface area contributed by atoms with Gasteiger partial charge in [-0.1, -0.05) is 6.42 Å². The summed E-state index contributed by atoms with van der Waals surface area (Å²) in [5, 5.41) is 0. The van der Waals surface area contributed by atoms with Crippen molar-refractivity contribution >= 4 is 21.1 Å². The van der Waals surface area contributed by atoms with E-state index in [1.807, 2.05) is 0 Å². The third-order valence-corrected chi connectivity index (χ3v) is 8.32. The molecule has 8 nitrogen and oxygen atoms in total. The number of aryl methyl sites for hydroxylation is 2. The molecule has 3 heterocycles. The standard InChI is InChI=1S/C20H28N4O4S/c1-21-17-7-6-16(14-18(17)22(2)20(26)19(21)25)29(27,28)24-12-8-15(9-13-24)23-10-4-3-5-11-23/h6-7,14-15H,3-5,8-13H2,1-2H3. The van der Waals surface area contributed by atoms with E-state index in [2.05, 4.69) is 4.90 Å². The van der Waals surface area contributed by atoms with Crippen molar-refractivity contribution in [2.75, 3.05) is 26.2 Å². The van der Waals surface area contributed by atoms with Crippen LogP contribution >= 0.6 is 0 Å². The van der Waals surface area contributed by atoms with Crippen LogP contribution in [0.3, 0.4) is 0 Å². The third-order valence-electron chi connectivity index (χ3n) is 6.43. The number of likely N-dealkylation sites (tertiary alicyclic amines) is 1. The van der Waals surface area contributed by atoms with Gasteiger partial charge >= 0.3 is 11.1 Å². The van der Waals surface area contributed by atoms with Crippen LogP contribution in [0.1, 0.15) is 32.1 Å². The van der Waals surface area contributed by atoms with E-state index in [-0.39, 0.29) is 4.90 Å². The van der Waals surface area contributed by atoms with Crippen molar-refractivity contribution in [2.45, 2.75) is 43.0 Å². The number of fused-ring (bicyclic) bond motifs is 1. The molecule has 9 heteroatoms. The van der Waals surface area contributed by atoms with Crippen molar-refractivity contribution < 1.29 is 8.42 Å². The Balaban J connectivity index is 1.60. The molecule has 158 valence electrons. The Labute approximate surface area is 170 Å². The summed E-state index contributed by atoms with van der Waals surface area (Å²) < 4.78 is 30.5. The zero-order valence-electron chi connectivity index (χ0n) is 17.0. The molecule has 0 aliphatic carbocycles. The SMILES string of the molecule is Cn1c(=O)c(=O)n(C)c2cc(S(=O)(=O)N3CCC(N4CCCCC4)CC3)ccc21. The first-order valence-electron chi connectivity index (χ1n) is 10.2. The van der Waals surface area contributed by atoms with Gasteiger partial charge in [-0.3, -0.25) is 9.59 Å². The maximum Gasteiger partial charge on any atom is 0.316 e. The lowest BCUT2D eigenvalue weighted by molar-refractivity contribution is 0.118. The van der Waals surface area contributed by atoms with Crippen LogP contribution in [0.15, 0.2) is 32.7 Å². The van der Waals surface area contributed by atoms with Gasteiger partial charge in [0.15, 0.2) is 0 Å². The van der Waals surface area contributed by atoms with Crippen LogP contribution in [0.4, 0.5) is 0 Å². The fraction of sp³-hybridized carbons (Fsp3) is 0.600. The molecule has 2 fully saturated rings. The van der Waals surface area contributed by atoms with Crippen LogP contribution < -0.4 is 11.1 Å². The minimum absolute atomic E-state index is 0.162. The predicted molar refractivity (Wildman–Crippen MR) is 112 cm³/mol. The molecule has 2 aliphatic rings. The van der Waals surface area contributed by atoms with Gasteiger partial charge in [0.1, 0.15) is 0 Å². The van der Waals surface area contributed by atoms with E-state index >= 15 is 0 Å². The van der Waals surface area contributed by atoms with Crippen LogP contribution in [-0.4, -0.2) is 59.0 Å². The number of aromatic nitrogens is 2. The molecule has 4 rings (SSSR count). The highest BCUT2D eigenvalue weighted by atomic mass is 32.2. The Morgan fingerprint density at radius 3 is 2.03 bits per heavy atom. The van der Waals surface area contributed by atoms with Gasteiger partial charge in [0.2, 0.25) is 10.0 Å². The predicted octanol–water partition coefficient (Wildman–Crippen LogP) is 0.876. The lowest BCUT2D eigenvalue weighted by Crippen LogP contribution is -2.48. The molecule has 0 amide bonds. The first-order valence-corrected chi connectivity index (χ1v) is 11.7. The molecule has 0 unspecified atom stereocenters. The molecule has 0 atom stereocenters. The number of benzene rings is 1. The summed E-state index contributed by atoms with van der Waals surface area (Å²) in [6.45, 7) is 3.26. The number of piperidine rings is 2. The lowest BCUT2D eigenvalue weighted by Gasteiger charge is -2.39. The highest BCUT2D eigenvalue weighted by Crippen LogP contribution is 2.26. The van der Waals surface area contributed by atoms with Gasteiger partial charge in [-0.2, -0.15) is 4.31 Å². The van der Waals surface area contributed by atoms with Crippen molar-refractivity contribution in [1.82, 2.24) is 18.3 Å². The van der Waals surface area contributed by atoms with Crippen LogP contribution in [0.25, 0.3) is 11.0 Å². The Bertz CT molecular complexity index is 1140. The minimum atomic E-state index is -3.65. The number of nitrogens with zero attached hydrogens (tertiary/aromatic N) is 4. The minimum Gasteiger partial charge on any atom is -0.305 e. The largest absolute Gasteiger partial charge is 0.316 e. The van der Waals surface area contributed by atoms with E-state index in [1.165, 1.54) is 54.6 Å². The van der Waals surface area contributed by atoms with E-state index < -0.39 is 21.1 Å². The van der Waals surface area contributed by atoms with E-state index in [4.69, 9.17) is 0 Å². The van der Waals surface area contributed by atoms with Gasteiger partial charge in [-0.15, -0.1) is 0 Å². The number of rotatable bonds is 3. The molecule has 2 aliphatic heterocycles. The summed E-state index contributed by atoms with van der Waals surface area (Å²) in [7, 11) is -0.636. The molecule has 29 heavy (non-hydrogen) atoms. The van der Waals surface area contributed by atoms with Crippen molar-refractivity contribution in [3.8, 4) is 0 Å². The second-order valence-electron chi connectivity index (χ2n) is 8.11. The molecule has 0 N–H and O–H groups in total. The molecule has 0 radical (unpaired) electrons. The quantitative estimate of drug-likeness (QED) is 0.688. The summed E-state index contributed by atoms with van der Waals surface area (Å²) in [4.78, 5) is 26.8. The maximum atomic E-state index is 13.2. The van der Waals surface area contributed by atoms with Gasteiger partial charge in [0, 0.05) is 33.2 Å². The van der Waals surface area contributed by atoms with E-state index in [0.29, 0.717) is 30.2 Å². The number of hydrogen-bond donors (Lipinski definition) is 0. The fourth-order valence-corrected chi connectivity index (χ4v) is 6.09. The summed E-state index contributed by atoms with van der Waals surface area (Å²) >= 11 is 0. The Hall–Kier alpha value is -1.97. The van der Waals surface area contributed by atoms with Crippen molar-refractivity contribution in [1.29, 1.82) is 0 Å². The zero-order valence-corrected chi connectivity index (χ0v) is 17.8. The molecular weight excluding hydrogens is 392 g/mol. The second-order valence-corrected chi connectivity index (χ2v) is 10.0. The molecule has 1 aromatic carbocycles. The summed E-state index contributed by atoms with van der Waals surface area (Å²) in [6, 6.07) is 5.10. The van der Waals surface area contributed by atoms with Gasteiger partial charge < -0.3 is 14.0 Å². The smallest absolute Gasteiger partial charge is 0.305 e. The Morgan fingerprint density at radius 2 is 1.41 bits per heavy atom. The third kappa shape index (κ3) is 3.55. The average Bonchev–Trinajstić information content (AvgIpc) is 2.76. The molecule has 0 saturated carbocycles. The van der Waals surface area contributed by atoms with Crippen LogP contribution in [0.5, 0.6) is 0 Å². The summed E-state index contributed by atoms with van der Waals surface area (Å²) in [5.74, 6) is 0. The molecular formula is C20H28N4O4S. The van der Waals surface area contributed by atoms with E-state index in [9.17, 15) is 18.0 Å². The zero-order chi connectivity index (χ0) is 20.8. The second kappa shape index (κ2) is 7.70. The highest BCUT2D eigenvalue weighted by molar-refractivity contribution is 7.89. The number of hydrogen-bond acceptors (Lipinski definition) is 5. The normalized spacial score (nSPS) is 20.3. The number of sulfonamides is 1. The van der Waals surface area contributed by atoms with Crippen LogP contribution in [0, 0.1) is 0 Å². The topological polar surface area (TPSA) is 84.6 Å². The van der Waals surface area contributed by atoms with Crippen LogP contribution in [-0.2, 0) is 24.1 Å². The van der Waals surface area contributed by atoms with Gasteiger partial charge in [0.25, 0.3) is 0 Å². The highest BCUT2D eigenvalue weighted by Gasteiger charge is 2.32. The van der Waals surface area contributed by atoms with Gasteiger partial charge in [-0.05, 0) is 57.0 Å². The summed E-state index contributed by atoms with van der Waals surface area (Å²) in [6.07, 6.45) is 5.45. The summed E-state index contributed by atoms with van der Waals surface area (Å²) in [5.41, 5.74) is -0.339. The van der Waals surface area contributed by atoms with Crippen molar-refractivity contribution in [2.24, 2.45) is 14.1 Å². The van der Waals surface area contributed by atoms with Crippen LogP contribution in [0.2, 0.25) is 0 Å². The lowest BCUT2D eigenvalue weighted by atomic mass is 10.0. The van der Waals surface area contributed by atoms with Crippen molar-refractivity contribution in [3.63, 3.8) is 0 Å². The molecule has 2 aromatic rings. The van der Waals surface area contributed by atoms with Crippen molar-refractivity contribution in [3.05, 3.63) is 38.9 Å². The average molecular weight is 421 g/mol. The van der Waals surface area contributed by atoms with Gasteiger partial charge in [0.05, 0.1) is 15.9 Å². The molecule has 2 saturated heterocycles. The fourth-order valence-electron chi connectivity index (χ4n) is 4.60. The van der Waals surface area contributed by atoms with E-state index in [0.717, 1.165) is 25.9 Å². The maximum absolute atomic E-state index is 13.2. The first-order chi connectivity index (χ1) is 13.8. The first kappa shape index (κ1) is 20.3. The molecule has 1 aromatic heterocycles. The molecule has 0 bridgehead atoms. The Kier molecular flexibility index (Phi) is 5.39.